The summed E-state index contributed by atoms with van der Waals surface area (Å²) < 4.78 is 11.3. The molecule has 2 aromatic rings. The summed E-state index contributed by atoms with van der Waals surface area (Å²) in [6, 6.07) is 8.31. The van der Waals surface area contributed by atoms with Gasteiger partial charge in [0, 0.05) is 24.4 Å². The highest BCUT2D eigenvalue weighted by molar-refractivity contribution is 6.51. The number of rotatable bonds is 11. The van der Waals surface area contributed by atoms with Crippen LogP contribution in [0.1, 0.15) is 63.5 Å². The zero-order chi connectivity index (χ0) is 28.6. The van der Waals surface area contributed by atoms with Gasteiger partial charge in [0.05, 0.1) is 18.6 Å². The molecule has 1 aliphatic rings. The maximum Gasteiger partial charge on any atom is 0.552 e. The molecule has 39 heavy (non-hydrogen) atoms. The lowest BCUT2D eigenvalue weighted by molar-refractivity contribution is -0.139. The zero-order valence-electron chi connectivity index (χ0n) is 23.0. The van der Waals surface area contributed by atoms with Gasteiger partial charge in [-0.15, -0.1) is 0 Å². The first-order valence-corrected chi connectivity index (χ1v) is 13.0. The van der Waals surface area contributed by atoms with Gasteiger partial charge in [0.25, 0.3) is 5.91 Å². The van der Waals surface area contributed by atoms with E-state index in [2.05, 4.69) is 25.9 Å². The number of aromatic nitrogens is 2. The van der Waals surface area contributed by atoms with E-state index in [1.165, 1.54) is 18.6 Å². The normalized spacial score (nSPS) is 16.8. The number of nitrogens with zero attached hydrogens (tertiary/aromatic N) is 2. The lowest BCUT2D eigenvalue weighted by atomic mass is 9.74. The number of hydrogen-bond donors (Lipinski definition) is 3. The Hall–Kier alpha value is -3.80. The third-order valence-electron chi connectivity index (χ3n) is 5.76. The van der Waals surface area contributed by atoms with E-state index in [0.717, 1.165) is 5.56 Å². The fourth-order valence-electron chi connectivity index (χ4n) is 4.12. The molecule has 3 atom stereocenters. The van der Waals surface area contributed by atoms with E-state index in [1.807, 2.05) is 65.0 Å². The second-order valence-electron chi connectivity index (χ2n) is 11.0. The van der Waals surface area contributed by atoms with Crippen molar-refractivity contribution in [1.29, 1.82) is 0 Å². The predicted octanol–water partition coefficient (Wildman–Crippen LogP) is 1.62. The summed E-state index contributed by atoms with van der Waals surface area (Å²) in [4.78, 5) is 59.2. The van der Waals surface area contributed by atoms with Gasteiger partial charge in [-0.3, -0.25) is 24.2 Å². The summed E-state index contributed by atoms with van der Waals surface area (Å²) in [6.07, 6.45) is 3.53. The number of carbonyl (C=O) groups is 4. The Morgan fingerprint density at radius 3 is 2.41 bits per heavy atom. The predicted molar refractivity (Wildman–Crippen MR) is 144 cm³/mol. The summed E-state index contributed by atoms with van der Waals surface area (Å²) in [7, 11) is -1.08. The SMILES string of the molecule is CC(C)C[C@H](NC(=O)C(Cc1ccccc1)NC(=O)c1cnccn1)B1OC(=O)C(CC(=O)NC(C)(C)C)O1. The van der Waals surface area contributed by atoms with E-state index in [1.54, 1.807) is 0 Å². The lowest BCUT2D eigenvalue weighted by Crippen LogP contribution is -2.55. The van der Waals surface area contributed by atoms with Crippen LogP contribution in [0.25, 0.3) is 0 Å². The topological polar surface area (TPSA) is 149 Å². The summed E-state index contributed by atoms with van der Waals surface area (Å²) >= 11 is 0. The van der Waals surface area contributed by atoms with Crippen molar-refractivity contribution in [2.75, 3.05) is 0 Å². The standard InChI is InChI=1S/C27H36BN5O6/c1-17(2)13-22(28-38-21(26(37)39-28)15-23(34)33-27(3,4)5)32-24(35)19(14-18-9-7-6-8-10-18)31-25(36)20-16-29-11-12-30-20/h6-12,16-17,19,21-22H,13-15H2,1-5H3,(H,31,36)(H,32,35)(H,33,34)/t19?,21?,22-/m0/s1. The van der Waals surface area contributed by atoms with Crippen molar-refractivity contribution in [3.05, 3.63) is 60.2 Å². The van der Waals surface area contributed by atoms with E-state index < -0.39 is 48.5 Å². The Kier molecular flexibility index (Phi) is 10.2. The van der Waals surface area contributed by atoms with E-state index in [9.17, 15) is 19.2 Å². The number of hydrogen-bond acceptors (Lipinski definition) is 8. The van der Waals surface area contributed by atoms with Gasteiger partial charge >= 0.3 is 13.1 Å². The fraction of sp³-hybridized carbons (Fsp3) is 0.481. The van der Waals surface area contributed by atoms with Gasteiger partial charge in [-0.1, -0.05) is 44.2 Å². The molecule has 2 unspecified atom stereocenters. The number of benzene rings is 1. The largest absolute Gasteiger partial charge is 0.552 e. The van der Waals surface area contributed by atoms with Gasteiger partial charge in [-0.05, 0) is 38.7 Å². The third-order valence-corrected chi connectivity index (χ3v) is 5.76. The Morgan fingerprint density at radius 1 is 1.08 bits per heavy atom. The van der Waals surface area contributed by atoms with Gasteiger partial charge < -0.3 is 25.3 Å². The van der Waals surface area contributed by atoms with Crippen molar-refractivity contribution in [3.63, 3.8) is 0 Å². The minimum atomic E-state index is -1.08. The molecular weight excluding hydrogens is 501 g/mol. The van der Waals surface area contributed by atoms with Crippen molar-refractivity contribution < 1.29 is 28.5 Å². The third kappa shape index (κ3) is 9.47. The highest BCUT2D eigenvalue weighted by Gasteiger charge is 2.47. The van der Waals surface area contributed by atoms with Gasteiger partial charge in [-0.2, -0.15) is 0 Å². The van der Waals surface area contributed by atoms with E-state index in [4.69, 9.17) is 9.31 Å². The lowest BCUT2D eigenvalue weighted by Gasteiger charge is -2.25. The van der Waals surface area contributed by atoms with Gasteiger partial charge in [0.2, 0.25) is 11.8 Å². The first-order valence-electron chi connectivity index (χ1n) is 13.0. The van der Waals surface area contributed by atoms with E-state index >= 15 is 0 Å². The molecule has 1 aromatic carbocycles. The van der Waals surface area contributed by atoms with Crippen LogP contribution < -0.4 is 16.0 Å². The summed E-state index contributed by atoms with van der Waals surface area (Å²) in [6.45, 7) is 9.43. The first-order chi connectivity index (χ1) is 18.4. The van der Waals surface area contributed by atoms with E-state index in [0.29, 0.717) is 6.42 Å². The van der Waals surface area contributed by atoms with Crippen LogP contribution in [0.2, 0.25) is 0 Å². The van der Waals surface area contributed by atoms with Crippen LogP contribution in [-0.4, -0.2) is 64.4 Å². The maximum atomic E-state index is 13.5. The monoisotopic (exact) mass is 537 g/mol. The number of carbonyl (C=O) groups excluding carboxylic acids is 4. The zero-order valence-corrected chi connectivity index (χ0v) is 23.0. The average Bonchev–Trinajstić information content (AvgIpc) is 3.22. The summed E-state index contributed by atoms with van der Waals surface area (Å²) in [5.74, 6) is -2.62. The number of amides is 3. The smallest absolute Gasteiger partial charge is 0.506 e. The molecule has 0 saturated carbocycles. The molecule has 12 heteroatoms. The summed E-state index contributed by atoms with van der Waals surface area (Å²) in [5, 5.41) is 8.45. The average molecular weight is 537 g/mol. The molecule has 1 aliphatic heterocycles. The van der Waals surface area contributed by atoms with Crippen molar-refractivity contribution in [1.82, 2.24) is 25.9 Å². The molecule has 2 heterocycles. The fourth-order valence-corrected chi connectivity index (χ4v) is 4.12. The molecule has 3 rings (SSSR count). The quantitative estimate of drug-likeness (QED) is 0.367. The second-order valence-corrected chi connectivity index (χ2v) is 11.0. The molecule has 3 amide bonds. The Bertz CT molecular complexity index is 1140. The molecule has 0 aliphatic carbocycles. The van der Waals surface area contributed by atoms with Crippen LogP contribution in [0.5, 0.6) is 0 Å². The molecular formula is C27H36BN5O6. The minimum Gasteiger partial charge on any atom is -0.506 e. The van der Waals surface area contributed by atoms with Crippen LogP contribution in [0.15, 0.2) is 48.9 Å². The Labute approximate surface area is 229 Å². The van der Waals surface area contributed by atoms with Crippen molar-refractivity contribution in [3.8, 4) is 0 Å². The molecule has 11 nitrogen and oxygen atoms in total. The molecule has 0 bridgehead atoms. The van der Waals surface area contributed by atoms with Crippen LogP contribution in [0.3, 0.4) is 0 Å². The van der Waals surface area contributed by atoms with Crippen LogP contribution in [0, 0.1) is 5.92 Å². The van der Waals surface area contributed by atoms with Gasteiger partial charge in [0.1, 0.15) is 17.8 Å². The van der Waals surface area contributed by atoms with Crippen LogP contribution in [-0.2, 0) is 30.1 Å². The molecule has 0 radical (unpaired) electrons. The molecule has 1 saturated heterocycles. The van der Waals surface area contributed by atoms with Crippen molar-refractivity contribution >= 4 is 30.8 Å². The van der Waals surface area contributed by atoms with Crippen molar-refractivity contribution in [2.24, 2.45) is 5.92 Å². The van der Waals surface area contributed by atoms with Crippen LogP contribution >= 0.6 is 0 Å². The molecule has 1 aromatic heterocycles. The Morgan fingerprint density at radius 2 is 1.79 bits per heavy atom. The van der Waals surface area contributed by atoms with Crippen LogP contribution in [0.4, 0.5) is 0 Å². The molecule has 208 valence electrons. The molecule has 0 spiro atoms. The molecule has 3 N–H and O–H groups in total. The molecule has 1 fully saturated rings. The summed E-state index contributed by atoms with van der Waals surface area (Å²) in [5.41, 5.74) is 0.453. The van der Waals surface area contributed by atoms with Gasteiger partial charge in [0.15, 0.2) is 0 Å². The minimum absolute atomic E-state index is 0.0755. The highest BCUT2D eigenvalue weighted by Crippen LogP contribution is 2.20. The van der Waals surface area contributed by atoms with Crippen molar-refractivity contribution in [2.45, 2.75) is 77.5 Å². The highest BCUT2D eigenvalue weighted by atomic mass is 16.7. The maximum absolute atomic E-state index is 13.5. The number of nitrogens with one attached hydrogen (secondary N) is 3. The Balaban J connectivity index is 1.74. The van der Waals surface area contributed by atoms with E-state index in [-0.39, 0.29) is 30.4 Å². The second kappa shape index (κ2) is 13.3. The van der Waals surface area contributed by atoms with Gasteiger partial charge in [-0.25, -0.2) is 4.98 Å². The first kappa shape index (κ1) is 29.8.